The highest BCUT2D eigenvalue weighted by molar-refractivity contribution is 4.98. The van der Waals surface area contributed by atoms with Gasteiger partial charge in [0.25, 0.3) is 0 Å². The highest BCUT2D eigenvalue weighted by Gasteiger charge is 2.40. The molecule has 0 aliphatic heterocycles. The van der Waals surface area contributed by atoms with Crippen LogP contribution >= 0.6 is 0 Å². The minimum absolute atomic E-state index is 0.432. The van der Waals surface area contributed by atoms with Gasteiger partial charge in [0.1, 0.15) is 0 Å². The second-order valence-electron chi connectivity index (χ2n) is 7.08. The lowest BCUT2D eigenvalue weighted by Crippen LogP contribution is -2.59. The fourth-order valence-electron chi connectivity index (χ4n) is 3.66. The number of nitrogens with zero attached hydrogens (tertiary/aromatic N) is 1. The first-order valence-corrected chi connectivity index (χ1v) is 8.43. The molecule has 3 unspecified atom stereocenters. The Hall–Kier alpha value is -0.0800. The lowest BCUT2D eigenvalue weighted by atomic mass is 9.70. The molecule has 0 aromatic carbocycles. The first-order chi connectivity index (χ1) is 8.96. The number of nitrogens with one attached hydrogen (secondary N) is 1. The Balaban J connectivity index is 2.79. The molecule has 19 heavy (non-hydrogen) atoms. The summed E-state index contributed by atoms with van der Waals surface area (Å²) in [5.74, 6) is 0.812. The third-order valence-corrected chi connectivity index (χ3v) is 5.09. The number of hydrogen-bond acceptors (Lipinski definition) is 2. The fourth-order valence-corrected chi connectivity index (χ4v) is 3.66. The van der Waals surface area contributed by atoms with E-state index in [1.165, 1.54) is 38.8 Å². The van der Waals surface area contributed by atoms with Gasteiger partial charge in [-0.2, -0.15) is 0 Å². The molecule has 0 aromatic rings. The molecule has 1 aliphatic rings. The third kappa shape index (κ3) is 4.46. The molecule has 114 valence electrons. The predicted octanol–water partition coefficient (Wildman–Crippen LogP) is 3.91. The van der Waals surface area contributed by atoms with E-state index in [0.717, 1.165) is 18.5 Å². The molecular formula is C17H36N2. The maximum absolute atomic E-state index is 3.79. The van der Waals surface area contributed by atoms with E-state index in [2.05, 4.69) is 51.8 Å². The van der Waals surface area contributed by atoms with Gasteiger partial charge in [-0.1, -0.05) is 54.4 Å². The average molecular weight is 268 g/mol. The van der Waals surface area contributed by atoms with Crippen molar-refractivity contribution in [2.24, 2.45) is 11.3 Å². The van der Waals surface area contributed by atoms with Crippen LogP contribution in [0.4, 0.5) is 0 Å². The number of rotatable bonds is 7. The van der Waals surface area contributed by atoms with Crippen molar-refractivity contribution in [3.05, 3.63) is 0 Å². The number of hydrogen-bond donors (Lipinski definition) is 1. The summed E-state index contributed by atoms with van der Waals surface area (Å²) in [6.07, 6.45) is 5.41. The van der Waals surface area contributed by atoms with E-state index < -0.39 is 0 Å². The van der Waals surface area contributed by atoms with Gasteiger partial charge < -0.3 is 5.32 Å². The van der Waals surface area contributed by atoms with Gasteiger partial charge in [-0.05, 0) is 37.3 Å². The lowest BCUT2D eigenvalue weighted by molar-refractivity contribution is 0.0440. The van der Waals surface area contributed by atoms with Crippen LogP contribution in [0, 0.1) is 11.3 Å². The Morgan fingerprint density at radius 3 is 2.47 bits per heavy atom. The van der Waals surface area contributed by atoms with Crippen LogP contribution in [0.1, 0.15) is 67.2 Å². The Morgan fingerprint density at radius 1 is 1.26 bits per heavy atom. The van der Waals surface area contributed by atoms with Crippen molar-refractivity contribution >= 4 is 0 Å². The van der Waals surface area contributed by atoms with Crippen LogP contribution in [0.5, 0.6) is 0 Å². The van der Waals surface area contributed by atoms with E-state index in [4.69, 9.17) is 0 Å². The largest absolute Gasteiger partial charge is 0.312 e. The molecule has 0 saturated heterocycles. The Bertz CT molecular complexity index is 250. The van der Waals surface area contributed by atoms with E-state index in [-0.39, 0.29) is 0 Å². The summed E-state index contributed by atoms with van der Waals surface area (Å²) in [5, 5.41) is 3.79. The van der Waals surface area contributed by atoms with Crippen LogP contribution in [0.25, 0.3) is 0 Å². The highest BCUT2D eigenvalue weighted by atomic mass is 15.2. The SMILES string of the molecule is CCNC1C(N(CC)CC(C)CC)CCCC1(C)C. The zero-order valence-electron chi connectivity index (χ0n) is 14.1. The van der Waals surface area contributed by atoms with Gasteiger partial charge in [-0.15, -0.1) is 0 Å². The van der Waals surface area contributed by atoms with E-state index in [1.807, 2.05) is 0 Å². The molecule has 3 atom stereocenters. The van der Waals surface area contributed by atoms with Gasteiger partial charge in [-0.3, -0.25) is 4.90 Å². The van der Waals surface area contributed by atoms with Crippen LogP contribution in [-0.2, 0) is 0 Å². The van der Waals surface area contributed by atoms with Crippen molar-refractivity contribution in [3.8, 4) is 0 Å². The maximum atomic E-state index is 3.79. The second kappa shape index (κ2) is 7.64. The summed E-state index contributed by atoms with van der Waals surface area (Å²) in [6, 6.07) is 1.37. The van der Waals surface area contributed by atoms with Crippen molar-refractivity contribution < 1.29 is 0 Å². The molecule has 0 aromatic heterocycles. The summed E-state index contributed by atoms with van der Waals surface area (Å²) in [7, 11) is 0. The fraction of sp³-hybridized carbons (Fsp3) is 1.00. The molecule has 1 rings (SSSR count). The number of likely N-dealkylation sites (N-methyl/N-ethyl adjacent to an activating group) is 2. The van der Waals surface area contributed by atoms with Crippen molar-refractivity contribution in [1.29, 1.82) is 0 Å². The standard InChI is InChI=1S/C17H36N2/c1-7-14(4)13-19(9-3)15-11-10-12-17(5,6)16(15)18-8-2/h14-16,18H,7-13H2,1-6H3. The minimum atomic E-state index is 0.432. The van der Waals surface area contributed by atoms with Gasteiger partial charge in [0, 0.05) is 18.6 Å². The minimum Gasteiger partial charge on any atom is -0.312 e. The maximum Gasteiger partial charge on any atom is 0.0274 e. The third-order valence-electron chi connectivity index (χ3n) is 5.09. The summed E-state index contributed by atoms with van der Waals surface area (Å²) in [5.41, 5.74) is 0.432. The van der Waals surface area contributed by atoms with Crippen LogP contribution < -0.4 is 5.32 Å². The van der Waals surface area contributed by atoms with Gasteiger partial charge in [-0.25, -0.2) is 0 Å². The second-order valence-corrected chi connectivity index (χ2v) is 7.08. The summed E-state index contributed by atoms with van der Waals surface area (Å²) in [4.78, 5) is 2.74. The first kappa shape index (κ1) is 17.0. The predicted molar refractivity (Wildman–Crippen MR) is 85.6 cm³/mol. The van der Waals surface area contributed by atoms with E-state index in [9.17, 15) is 0 Å². The molecule has 0 spiro atoms. The molecular weight excluding hydrogens is 232 g/mol. The van der Waals surface area contributed by atoms with Gasteiger partial charge in [0.15, 0.2) is 0 Å². The van der Waals surface area contributed by atoms with E-state index in [1.54, 1.807) is 0 Å². The van der Waals surface area contributed by atoms with E-state index >= 15 is 0 Å². The van der Waals surface area contributed by atoms with Crippen LogP contribution in [-0.4, -0.2) is 36.6 Å². The normalized spacial score (nSPS) is 28.6. The molecule has 2 nitrogen and oxygen atoms in total. The Labute approximate surface area is 121 Å². The molecule has 0 heterocycles. The molecule has 1 N–H and O–H groups in total. The van der Waals surface area contributed by atoms with Crippen LogP contribution in [0.2, 0.25) is 0 Å². The molecule has 1 saturated carbocycles. The Morgan fingerprint density at radius 2 is 1.95 bits per heavy atom. The molecule has 1 aliphatic carbocycles. The average Bonchev–Trinajstić information content (AvgIpc) is 2.38. The van der Waals surface area contributed by atoms with E-state index in [0.29, 0.717) is 11.5 Å². The van der Waals surface area contributed by atoms with Crippen molar-refractivity contribution in [2.45, 2.75) is 79.3 Å². The van der Waals surface area contributed by atoms with Crippen molar-refractivity contribution in [2.75, 3.05) is 19.6 Å². The smallest absolute Gasteiger partial charge is 0.0274 e. The molecule has 0 radical (unpaired) electrons. The van der Waals surface area contributed by atoms with Gasteiger partial charge in [0.2, 0.25) is 0 Å². The summed E-state index contributed by atoms with van der Waals surface area (Å²) in [6.45, 7) is 17.7. The molecule has 1 fully saturated rings. The quantitative estimate of drug-likeness (QED) is 0.753. The molecule has 2 heteroatoms. The summed E-state index contributed by atoms with van der Waals surface area (Å²) >= 11 is 0. The highest BCUT2D eigenvalue weighted by Crippen LogP contribution is 2.38. The Kier molecular flexibility index (Phi) is 6.82. The zero-order chi connectivity index (χ0) is 14.5. The van der Waals surface area contributed by atoms with Gasteiger partial charge >= 0.3 is 0 Å². The van der Waals surface area contributed by atoms with Crippen LogP contribution in [0.3, 0.4) is 0 Å². The molecule has 0 amide bonds. The molecule has 0 bridgehead atoms. The lowest BCUT2D eigenvalue weighted by Gasteiger charge is -2.49. The topological polar surface area (TPSA) is 15.3 Å². The summed E-state index contributed by atoms with van der Waals surface area (Å²) < 4.78 is 0. The van der Waals surface area contributed by atoms with Crippen molar-refractivity contribution in [1.82, 2.24) is 10.2 Å². The monoisotopic (exact) mass is 268 g/mol. The van der Waals surface area contributed by atoms with Crippen molar-refractivity contribution in [3.63, 3.8) is 0 Å². The van der Waals surface area contributed by atoms with Gasteiger partial charge in [0.05, 0.1) is 0 Å². The first-order valence-electron chi connectivity index (χ1n) is 8.43. The zero-order valence-corrected chi connectivity index (χ0v) is 14.1. The van der Waals surface area contributed by atoms with Crippen LogP contribution in [0.15, 0.2) is 0 Å².